The van der Waals surface area contributed by atoms with E-state index in [1.807, 2.05) is 35.2 Å². The van der Waals surface area contributed by atoms with E-state index in [1.54, 1.807) is 13.1 Å². The largest absolute Gasteiger partial charge is 0.332 e. The van der Waals surface area contributed by atoms with Crippen LogP contribution in [0, 0.1) is 0 Å². The van der Waals surface area contributed by atoms with Gasteiger partial charge in [0.1, 0.15) is 5.65 Å². The van der Waals surface area contributed by atoms with Gasteiger partial charge in [-0.2, -0.15) is 0 Å². The van der Waals surface area contributed by atoms with Gasteiger partial charge >= 0.3 is 5.69 Å². The van der Waals surface area contributed by atoms with Crippen molar-refractivity contribution in [2.75, 3.05) is 6.54 Å². The number of hydrogen-bond donors (Lipinski definition) is 0. The highest BCUT2D eigenvalue weighted by Gasteiger charge is 2.31. The summed E-state index contributed by atoms with van der Waals surface area (Å²) in [6.07, 6.45) is 3.29. The third kappa shape index (κ3) is 2.75. The van der Waals surface area contributed by atoms with Gasteiger partial charge in [-0.15, -0.1) is 0 Å². The van der Waals surface area contributed by atoms with Crippen molar-refractivity contribution in [3.05, 3.63) is 74.6 Å². The Balaban J connectivity index is 1.77. The quantitative estimate of drug-likeness (QED) is 0.692. The van der Waals surface area contributed by atoms with Crippen molar-refractivity contribution in [2.45, 2.75) is 18.9 Å². The summed E-state index contributed by atoms with van der Waals surface area (Å²) in [4.78, 5) is 43.7. The summed E-state index contributed by atoms with van der Waals surface area (Å²) in [5, 5.41) is 0.265. The van der Waals surface area contributed by atoms with Crippen LogP contribution in [0.25, 0.3) is 11.0 Å². The first kappa shape index (κ1) is 17.2. The molecule has 1 saturated heterocycles. The third-order valence-corrected chi connectivity index (χ3v) is 5.24. The maximum atomic E-state index is 13.1. The number of nitrogens with zero attached hydrogens (tertiary/aromatic N) is 4. The Morgan fingerprint density at radius 2 is 1.85 bits per heavy atom. The van der Waals surface area contributed by atoms with Gasteiger partial charge in [0.15, 0.2) is 0 Å². The molecular weight excluding hydrogens is 344 g/mol. The third-order valence-electron chi connectivity index (χ3n) is 5.24. The first-order valence-electron chi connectivity index (χ1n) is 8.90. The molecule has 0 N–H and O–H groups in total. The Bertz CT molecular complexity index is 1150. The summed E-state index contributed by atoms with van der Waals surface area (Å²) < 4.78 is 2.34. The fourth-order valence-corrected chi connectivity index (χ4v) is 3.78. The topological polar surface area (TPSA) is 77.2 Å². The zero-order valence-corrected chi connectivity index (χ0v) is 15.3. The fourth-order valence-electron chi connectivity index (χ4n) is 3.78. The van der Waals surface area contributed by atoms with Crippen LogP contribution < -0.4 is 11.2 Å². The van der Waals surface area contributed by atoms with Crippen LogP contribution >= 0.6 is 0 Å². The monoisotopic (exact) mass is 364 g/mol. The van der Waals surface area contributed by atoms with Crippen molar-refractivity contribution in [1.29, 1.82) is 0 Å². The Kier molecular flexibility index (Phi) is 4.14. The molecule has 1 aliphatic heterocycles. The van der Waals surface area contributed by atoms with Crippen molar-refractivity contribution in [3.8, 4) is 0 Å². The van der Waals surface area contributed by atoms with Gasteiger partial charge in [0.25, 0.3) is 11.5 Å². The van der Waals surface area contributed by atoms with Gasteiger partial charge in [-0.3, -0.25) is 18.7 Å². The second-order valence-corrected chi connectivity index (χ2v) is 6.87. The van der Waals surface area contributed by atoms with Crippen LogP contribution in [0.15, 0.2) is 52.2 Å². The molecule has 0 spiro atoms. The molecule has 0 radical (unpaired) electrons. The number of likely N-dealkylation sites (tertiary alicyclic amines) is 1. The Labute approximate surface area is 155 Å². The molecule has 1 atom stereocenters. The molecule has 3 heterocycles. The summed E-state index contributed by atoms with van der Waals surface area (Å²) >= 11 is 0. The van der Waals surface area contributed by atoms with E-state index < -0.39 is 11.2 Å². The van der Waals surface area contributed by atoms with E-state index in [0.29, 0.717) is 12.1 Å². The minimum Gasteiger partial charge on any atom is -0.332 e. The van der Waals surface area contributed by atoms with Crippen LogP contribution in [0.2, 0.25) is 0 Å². The molecule has 0 bridgehead atoms. The van der Waals surface area contributed by atoms with Crippen molar-refractivity contribution in [3.63, 3.8) is 0 Å². The molecule has 0 unspecified atom stereocenters. The van der Waals surface area contributed by atoms with Gasteiger partial charge in [0, 0.05) is 26.8 Å². The molecular formula is C20H20N4O3. The molecule has 7 heteroatoms. The normalized spacial score (nSPS) is 16.8. The van der Waals surface area contributed by atoms with E-state index in [2.05, 4.69) is 4.98 Å². The lowest BCUT2D eigenvalue weighted by Crippen LogP contribution is -2.37. The second-order valence-electron chi connectivity index (χ2n) is 6.87. The summed E-state index contributed by atoms with van der Waals surface area (Å²) in [7, 11) is 2.98. The van der Waals surface area contributed by atoms with Crippen LogP contribution in [0.4, 0.5) is 0 Å². The lowest BCUT2D eigenvalue weighted by molar-refractivity contribution is 0.0735. The maximum Gasteiger partial charge on any atom is 0.332 e. The van der Waals surface area contributed by atoms with Crippen LogP contribution in [0.3, 0.4) is 0 Å². The smallest absolute Gasteiger partial charge is 0.332 e. The number of carbonyl (C=O) groups excluding carboxylic acids is 1. The minimum absolute atomic E-state index is 0.0253. The predicted molar refractivity (Wildman–Crippen MR) is 102 cm³/mol. The fraction of sp³-hybridized carbons (Fsp3) is 0.300. The Hall–Kier alpha value is -3.22. The molecule has 2 aromatic heterocycles. The van der Waals surface area contributed by atoms with Gasteiger partial charge < -0.3 is 4.90 Å². The molecule has 4 rings (SSSR count). The standard InChI is InChI=1S/C20H20N4O3/c1-22-17-15(19(26)23(2)20(22)27)11-14(12-21-17)18(25)24-10-6-9-16(24)13-7-4-3-5-8-13/h3-5,7-8,11-12,16H,6,9-10H2,1-2H3/t16-/m1/s1. The molecule has 0 saturated carbocycles. The second kappa shape index (κ2) is 6.50. The molecule has 0 aliphatic carbocycles. The number of hydrogen-bond acceptors (Lipinski definition) is 4. The molecule has 1 aliphatic rings. The number of fused-ring (bicyclic) bond motifs is 1. The molecule has 3 aromatic rings. The summed E-state index contributed by atoms with van der Waals surface area (Å²) in [5.74, 6) is -0.147. The lowest BCUT2D eigenvalue weighted by Gasteiger charge is -2.25. The molecule has 7 nitrogen and oxygen atoms in total. The highest BCUT2D eigenvalue weighted by atomic mass is 16.2. The summed E-state index contributed by atoms with van der Waals surface area (Å²) in [6, 6.07) is 11.5. The van der Waals surface area contributed by atoms with Gasteiger partial charge in [0.2, 0.25) is 0 Å². The molecule has 1 fully saturated rings. The van der Waals surface area contributed by atoms with E-state index in [9.17, 15) is 14.4 Å². The average molecular weight is 364 g/mol. The minimum atomic E-state index is -0.448. The SMILES string of the molecule is Cn1c(=O)c2cc(C(=O)N3CCC[C@@H]3c3ccccc3)cnc2n(C)c1=O. The number of benzene rings is 1. The first-order chi connectivity index (χ1) is 13.0. The number of amides is 1. The van der Waals surface area contributed by atoms with E-state index in [0.717, 1.165) is 23.0 Å². The molecule has 1 amide bonds. The Morgan fingerprint density at radius 1 is 1.11 bits per heavy atom. The van der Waals surface area contributed by atoms with Crippen molar-refractivity contribution >= 4 is 16.9 Å². The molecule has 27 heavy (non-hydrogen) atoms. The summed E-state index contributed by atoms with van der Waals surface area (Å²) in [6.45, 7) is 0.668. The predicted octanol–water partition coefficient (Wildman–Crippen LogP) is 1.61. The highest BCUT2D eigenvalue weighted by Crippen LogP contribution is 2.33. The van der Waals surface area contributed by atoms with Crippen molar-refractivity contribution in [1.82, 2.24) is 19.0 Å². The van der Waals surface area contributed by atoms with E-state index >= 15 is 0 Å². The zero-order valence-electron chi connectivity index (χ0n) is 15.3. The zero-order chi connectivity index (χ0) is 19.1. The van der Waals surface area contributed by atoms with Crippen LogP contribution in [-0.2, 0) is 14.1 Å². The Morgan fingerprint density at radius 3 is 2.59 bits per heavy atom. The van der Waals surface area contributed by atoms with Gasteiger partial charge in [-0.25, -0.2) is 9.78 Å². The lowest BCUT2D eigenvalue weighted by atomic mass is 10.0. The van der Waals surface area contributed by atoms with E-state index in [-0.39, 0.29) is 23.0 Å². The number of rotatable bonds is 2. The van der Waals surface area contributed by atoms with Crippen LogP contribution in [-0.4, -0.2) is 31.5 Å². The van der Waals surface area contributed by atoms with Gasteiger partial charge in [-0.1, -0.05) is 30.3 Å². The average Bonchev–Trinajstić information content (AvgIpc) is 3.20. The molecule has 138 valence electrons. The van der Waals surface area contributed by atoms with Crippen molar-refractivity contribution in [2.24, 2.45) is 14.1 Å². The highest BCUT2D eigenvalue weighted by molar-refractivity contribution is 5.97. The number of aromatic nitrogens is 3. The number of aryl methyl sites for hydroxylation is 1. The number of carbonyl (C=O) groups is 1. The maximum absolute atomic E-state index is 13.1. The van der Waals surface area contributed by atoms with Crippen molar-refractivity contribution < 1.29 is 4.79 Å². The number of pyridine rings is 1. The van der Waals surface area contributed by atoms with E-state index in [1.165, 1.54) is 17.8 Å². The molecule has 1 aromatic carbocycles. The van der Waals surface area contributed by atoms with Gasteiger partial charge in [0.05, 0.1) is 17.0 Å². The van der Waals surface area contributed by atoms with Crippen LogP contribution in [0.5, 0.6) is 0 Å². The summed E-state index contributed by atoms with van der Waals surface area (Å²) in [5.41, 5.74) is 0.858. The van der Waals surface area contributed by atoms with Gasteiger partial charge in [-0.05, 0) is 24.5 Å². The van der Waals surface area contributed by atoms with Crippen LogP contribution in [0.1, 0.15) is 34.8 Å². The van der Waals surface area contributed by atoms with E-state index in [4.69, 9.17) is 0 Å². The first-order valence-corrected chi connectivity index (χ1v) is 8.90.